The first-order valence-corrected chi connectivity index (χ1v) is 14.4. The van der Waals surface area contributed by atoms with E-state index in [0.29, 0.717) is 24.1 Å². The second kappa shape index (κ2) is 12.6. The highest BCUT2D eigenvalue weighted by Gasteiger charge is 2.29. The van der Waals surface area contributed by atoms with Gasteiger partial charge in [-0.1, -0.05) is 43.9 Å². The number of fused-ring (bicyclic) bond motifs is 1. The molecule has 1 N–H and O–H groups in total. The summed E-state index contributed by atoms with van der Waals surface area (Å²) in [6.07, 6.45) is 7.47. The van der Waals surface area contributed by atoms with E-state index in [1.54, 1.807) is 14.2 Å². The molecule has 40 heavy (non-hydrogen) atoms. The van der Waals surface area contributed by atoms with E-state index in [1.165, 1.54) is 19.3 Å². The normalized spacial score (nSPS) is 15.0. The number of nitrogens with one attached hydrogen (secondary N) is 1. The van der Waals surface area contributed by atoms with Crippen molar-refractivity contribution in [3.05, 3.63) is 75.3 Å². The summed E-state index contributed by atoms with van der Waals surface area (Å²) >= 11 is 0. The van der Waals surface area contributed by atoms with Crippen molar-refractivity contribution in [2.45, 2.75) is 77.4 Å². The third kappa shape index (κ3) is 6.04. The Balaban J connectivity index is 1.49. The van der Waals surface area contributed by atoms with E-state index in [2.05, 4.69) is 56.1 Å². The number of tetrazole rings is 1. The van der Waals surface area contributed by atoms with Gasteiger partial charge in [-0.15, -0.1) is 5.10 Å². The highest BCUT2D eigenvalue weighted by Crippen LogP contribution is 2.33. The van der Waals surface area contributed by atoms with Gasteiger partial charge in [0.25, 0.3) is 5.56 Å². The molecule has 2 heterocycles. The lowest BCUT2D eigenvalue weighted by molar-refractivity contribution is 0.165. The van der Waals surface area contributed by atoms with Crippen LogP contribution in [0.25, 0.3) is 10.9 Å². The van der Waals surface area contributed by atoms with Crippen molar-refractivity contribution in [1.29, 1.82) is 0 Å². The van der Waals surface area contributed by atoms with E-state index < -0.39 is 0 Å². The van der Waals surface area contributed by atoms with Crippen LogP contribution in [0.15, 0.2) is 47.3 Å². The molecule has 0 amide bonds. The Morgan fingerprint density at radius 2 is 1.85 bits per heavy atom. The van der Waals surface area contributed by atoms with E-state index in [1.807, 2.05) is 30.3 Å². The van der Waals surface area contributed by atoms with Crippen LogP contribution in [-0.4, -0.2) is 50.9 Å². The Kier molecular flexibility index (Phi) is 8.79. The first kappa shape index (κ1) is 27.8. The molecule has 4 aromatic rings. The van der Waals surface area contributed by atoms with Crippen LogP contribution >= 0.6 is 0 Å². The van der Waals surface area contributed by atoms with E-state index in [0.717, 1.165) is 65.6 Å². The standard InChI is InChI=1S/C31H40N6O3/c1-5-27(30-33-34-35-37(30)25-9-7-6-8-10-25)36(16-15-22-12-14-28(39-3)29(18-22)40-4)20-24-19-23-17-21(2)11-13-26(23)32-31(24)38/h11-14,17-19,25,27H,5-10,15-16,20H2,1-4H3,(H,32,38). The predicted molar refractivity (Wildman–Crippen MR) is 156 cm³/mol. The lowest BCUT2D eigenvalue weighted by Crippen LogP contribution is -2.35. The van der Waals surface area contributed by atoms with Crippen LogP contribution in [0.4, 0.5) is 0 Å². The minimum Gasteiger partial charge on any atom is -0.493 e. The molecule has 2 aromatic heterocycles. The van der Waals surface area contributed by atoms with Crippen LogP contribution < -0.4 is 15.0 Å². The van der Waals surface area contributed by atoms with Gasteiger partial charge >= 0.3 is 0 Å². The van der Waals surface area contributed by atoms with Crippen molar-refractivity contribution in [3.63, 3.8) is 0 Å². The molecular formula is C31H40N6O3. The fraction of sp³-hybridized carbons (Fsp3) is 0.484. The maximum Gasteiger partial charge on any atom is 0.252 e. The summed E-state index contributed by atoms with van der Waals surface area (Å²) in [5.41, 5.74) is 3.82. The molecule has 1 fully saturated rings. The first-order chi connectivity index (χ1) is 19.5. The number of aromatic nitrogens is 5. The number of rotatable bonds is 11. The van der Waals surface area contributed by atoms with Crippen LogP contribution in [0.3, 0.4) is 0 Å². The van der Waals surface area contributed by atoms with Gasteiger partial charge in [0.05, 0.1) is 26.3 Å². The highest BCUT2D eigenvalue weighted by atomic mass is 16.5. The number of aryl methyl sites for hydroxylation is 1. The Morgan fingerprint density at radius 1 is 1.05 bits per heavy atom. The van der Waals surface area contributed by atoms with Crippen molar-refractivity contribution in [3.8, 4) is 11.5 Å². The average Bonchev–Trinajstić information content (AvgIpc) is 3.46. The minimum absolute atomic E-state index is 0.0373. The summed E-state index contributed by atoms with van der Waals surface area (Å²) in [5, 5.41) is 14.2. The topological polar surface area (TPSA) is 98.2 Å². The molecular weight excluding hydrogens is 504 g/mol. The zero-order valence-corrected chi connectivity index (χ0v) is 24.0. The largest absolute Gasteiger partial charge is 0.493 e. The minimum atomic E-state index is -0.0609. The number of pyridine rings is 1. The molecule has 0 spiro atoms. The number of aromatic amines is 1. The monoisotopic (exact) mass is 544 g/mol. The molecule has 1 saturated carbocycles. The Hall–Kier alpha value is -3.72. The van der Waals surface area contributed by atoms with Crippen LogP contribution in [0.1, 0.15) is 80.0 Å². The third-order valence-electron chi connectivity index (χ3n) is 8.15. The smallest absolute Gasteiger partial charge is 0.252 e. The SMILES string of the molecule is CCC(c1nnnn1C1CCCCC1)N(CCc1ccc(OC)c(OC)c1)Cc1cc2cc(C)ccc2[nH]c1=O. The molecule has 2 aromatic carbocycles. The molecule has 9 nitrogen and oxygen atoms in total. The van der Waals surface area contributed by atoms with Crippen molar-refractivity contribution in [1.82, 2.24) is 30.1 Å². The van der Waals surface area contributed by atoms with Crippen LogP contribution in [0.2, 0.25) is 0 Å². The summed E-state index contributed by atoms with van der Waals surface area (Å²) in [5.74, 6) is 2.30. The van der Waals surface area contributed by atoms with Gasteiger partial charge in [0, 0.05) is 24.2 Å². The number of ether oxygens (including phenoxy) is 2. The molecule has 0 aliphatic heterocycles. The summed E-state index contributed by atoms with van der Waals surface area (Å²) in [6, 6.07) is 14.5. The zero-order chi connectivity index (χ0) is 28.1. The first-order valence-electron chi connectivity index (χ1n) is 14.4. The van der Waals surface area contributed by atoms with Crippen molar-refractivity contribution >= 4 is 10.9 Å². The van der Waals surface area contributed by atoms with Crippen molar-refractivity contribution in [2.24, 2.45) is 0 Å². The lowest BCUT2D eigenvalue weighted by atomic mass is 9.95. The van der Waals surface area contributed by atoms with E-state index in [4.69, 9.17) is 9.47 Å². The summed E-state index contributed by atoms with van der Waals surface area (Å²) in [4.78, 5) is 18.7. The quantitative estimate of drug-likeness (QED) is 0.265. The average molecular weight is 545 g/mol. The summed E-state index contributed by atoms with van der Waals surface area (Å²) in [7, 11) is 3.30. The van der Waals surface area contributed by atoms with Gasteiger partial charge in [-0.05, 0) is 84.3 Å². The molecule has 0 bridgehead atoms. The van der Waals surface area contributed by atoms with E-state index in [-0.39, 0.29) is 11.6 Å². The fourth-order valence-electron chi connectivity index (χ4n) is 5.97. The maximum absolute atomic E-state index is 13.2. The van der Waals surface area contributed by atoms with Gasteiger partial charge in [-0.25, -0.2) is 4.68 Å². The van der Waals surface area contributed by atoms with Gasteiger partial charge in [0.15, 0.2) is 17.3 Å². The fourth-order valence-corrected chi connectivity index (χ4v) is 5.97. The Bertz CT molecular complexity index is 1490. The van der Waals surface area contributed by atoms with Gasteiger partial charge < -0.3 is 14.5 Å². The molecule has 9 heteroatoms. The molecule has 5 rings (SSSR count). The number of benzene rings is 2. The number of H-pyrrole nitrogens is 1. The molecule has 0 saturated heterocycles. The lowest BCUT2D eigenvalue weighted by Gasteiger charge is -2.32. The number of nitrogens with zero attached hydrogens (tertiary/aromatic N) is 5. The van der Waals surface area contributed by atoms with Gasteiger partial charge in [0.1, 0.15) is 0 Å². The molecule has 0 radical (unpaired) electrons. The Morgan fingerprint density at radius 3 is 2.60 bits per heavy atom. The van der Waals surface area contributed by atoms with Gasteiger partial charge in [0.2, 0.25) is 0 Å². The number of hydrogen-bond acceptors (Lipinski definition) is 7. The van der Waals surface area contributed by atoms with Gasteiger partial charge in [-0.2, -0.15) is 0 Å². The third-order valence-corrected chi connectivity index (χ3v) is 8.15. The summed E-state index contributed by atoms with van der Waals surface area (Å²) < 4.78 is 13.0. The highest BCUT2D eigenvalue weighted by molar-refractivity contribution is 5.79. The summed E-state index contributed by atoms with van der Waals surface area (Å²) in [6.45, 7) is 5.44. The van der Waals surface area contributed by atoms with Crippen molar-refractivity contribution < 1.29 is 9.47 Å². The molecule has 1 atom stereocenters. The Labute approximate surface area is 235 Å². The van der Waals surface area contributed by atoms with Crippen LogP contribution in [0, 0.1) is 6.92 Å². The van der Waals surface area contributed by atoms with E-state index >= 15 is 0 Å². The van der Waals surface area contributed by atoms with Crippen LogP contribution in [-0.2, 0) is 13.0 Å². The molecule has 1 unspecified atom stereocenters. The van der Waals surface area contributed by atoms with Gasteiger partial charge in [-0.3, -0.25) is 9.69 Å². The number of methoxy groups -OCH3 is 2. The molecule has 1 aliphatic rings. The molecule has 212 valence electrons. The van der Waals surface area contributed by atoms with Crippen molar-refractivity contribution in [2.75, 3.05) is 20.8 Å². The zero-order valence-electron chi connectivity index (χ0n) is 24.0. The van der Waals surface area contributed by atoms with Crippen LogP contribution in [0.5, 0.6) is 11.5 Å². The molecule has 1 aliphatic carbocycles. The number of hydrogen-bond donors (Lipinski definition) is 1. The second-order valence-electron chi connectivity index (χ2n) is 10.8. The maximum atomic E-state index is 13.2. The predicted octanol–water partition coefficient (Wildman–Crippen LogP) is 5.54. The van der Waals surface area contributed by atoms with E-state index in [9.17, 15) is 4.79 Å². The second-order valence-corrected chi connectivity index (χ2v) is 10.8.